The Morgan fingerprint density at radius 2 is 2.00 bits per heavy atom. The Hall–Kier alpha value is -1.21. The molecule has 0 saturated carbocycles. The van der Waals surface area contributed by atoms with Gasteiger partial charge in [-0.25, -0.2) is 0 Å². The van der Waals surface area contributed by atoms with Crippen LogP contribution >= 0.6 is 39.1 Å². The summed E-state index contributed by atoms with van der Waals surface area (Å²) in [6.07, 6.45) is 0.869. The molecule has 0 aromatic heterocycles. The van der Waals surface area contributed by atoms with Crippen LogP contribution in [0.4, 0.5) is 5.69 Å². The maximum atomic E-state index is 8.90. The van der Waals surface area contributed by atoms with Gasteiger partial charge in [0.15, 0.2) is 0 Å². The number of nitrogens with one attached hydrogen (secondary N) is 1. The molecule has 0 heterocycles. The van der Waals surface area contributed by atoms with Gasteiger partial charge in [-0.05, 0) is 58.2 Å². The molecule has 5 heteroatoms. The van der Waals surface area contributed by atoms with E-state index in [0.717, 1.165) is 22.1 Å². The van der Waals surface area contributed by atoms with Crippen LogP contribution in [-0.4, -0.2) is 0 Å². The standard InChI is InChI=1S/C16H13BrCl2N2/c1-2-15(12-5-4-11(18)8-14(12)19)21-16-6-3-10(9-20)7-13(16)17/h3-8,15,21H,2H2,1H3. The van der Waals surface area contributed by atoms with E-state index in [1.165, 1.54) is 0 Å². The molecule has 1 N–H and O–H groups in total. The molecule has 1 atom stereocenters. The molecule has 0 amide bonds. The molecule has 21 heavy (non-hydrogen) atoms. The molecule has 108 valence electrons. The summed E-state index contributed by atoms with van der Waals surface area (Å²) in [6.45, 7) is 2.08. The summed E-state index contributed by atoms with van der Waals surface area (Å²) in [5.41, 5.74) is 2.54. The first-order chi connectivity index (χ1) is 10.0. The van der Waals surface area contributed by atoms with E-state index in [1.54, 1.807) is 18.2 Å². The van der Waals surface area contributed by atoms with Crippen molar-refractivity contribution in [2.45, 2.75) is 19.4 Å². The van der Waals surface area contributed by atoms with E-state index in [2.05, 4.69) is 34.2 Å². The van der Waals surface area contributed by atoms with E-state index in [9.17, 15) is 0 Å². The Morgan fingerprint density at radius 1 is 1.24 bits per heavy atom. The van der Waals surface area contributed by atoms with E-state index in [1.807, 2.05) is 18.2 Å². The van der Waals surface area contributed by atoms with Crippen LogP contribution in [-0.2, 0) is 0 Å². The van der Waals surface area contributed by atoms with Crippen molar-refractivity contribution in [3.8, 4) is 6.07 Å². The molecule has 1 unspecified atom stereocenters. The van der Waals surface area contributed by atoms with Crippen molar-refractivity contribution in [2.24, 2.45) is 0 Å². The number of benzene rings is 2. The highest BCUT2D eigenvalue weighted by Gasteiger charge is 2.14. The van der Waals surface area contributed by atoms with Crippen molar-refractivity contribution in [2.75, 3.05) is 5.32 Å². The Bertz CT molecular complexity index is 695. The minimum atomic E-state index is 0.0685. The van der Waals surface area contributed by atoms with Gasteiger partial charge in [-0.15, -0.1) is 0 Å². The van der Waals surface area contributed by atoms with Gasteiger partial charge >= 0.3 is 0 Å². The zero-order valence-corrected chi connectivity index (χ0v) is 14.4. The quantitative estimate of drug-likeness (QED) is 0.682. The predicted octanol–water partition coefficient (Wildman–Crippen LogP) is 6.19. The topological polar surface area (TPSA) is 35.8 Å². The summed E-state index contributed by atoms with van der Waals surface area (Å²) in [7, 11) is 0. The molecule has 2 rings (SSSR count). The maximum absolute atomic E-state index is 8.90. The lowest BCUT2D eigenvalue weighted by atomic mass is 10.0. The fraction of sp³-hybridized carbons (Fsp3) is 0.188. The highest BCUT2D eigenvalue weighted by Crippen LogP contribution is 2.33. The van der Waals surface area contributed by atoms with Crippen molar-refractivity contribution in [3.63, 3.8) is 0 Å². The lowest BCUT2D eigenvalue weighted by molar-refractivity contribution is 0.749. The molecule has 2 aromatic carbocycles. The summed E-state index contributed by atoms with van der Waals surface area (Å²) in [5.74, 6) is 0. The van der Waals surface area contributed by atoms with Gasteiger partial charge in [-0.1, -0.05) is 36.2 Å². The van der Waals surface area contributed by atoms with Gasteiger partial charge in [0, 0.05) is 20.2 Å². The predicted molar refractivity (Wildman–Crippen MR) is 92.0 cm³/mol. The molecule has 0 fully saturated rings. The fourth-order valence-corrected chi connectivity index (χ4v) is 3.11. The minimum absolute atomic E-state index is 0.0685. The van der Waals surface area contributed by atoms with Crippen LogP contribution in [0.25, 0.3) is 0 Å². The number of halogens is 3. The summed E-state index contributed by atoms with van der Waals surface area (Å²) >= 11 is 15.7. The Morgan fingerprint density at radius 3 is 2.57 bits per heavy atom. The molecule has 0 spiro atoms. The third kappa shape index (κ3) is 3.91. The molecular formula is C16H13BrCl2N2. The molecule has 0 aliphatic carbocycles. The summed E-state index contributed by atoms with van der Waals surface area (Å²) < 4.78 is 0.852. The fourth-order valence-electron chi connectivity index (χ4n) is 2.07. The molecule has 0 aliphatic rings. The first kappa shape index (κ1) is 16.2. The van der Waals surface area contributed by atoms with Crippen LogP contribution in [0.3, 0.4) is 0 Å². The second-order valence-corrected chi connectivity index (χ2v) is 6.28. The van der Waals surface area contributed by atoms with Gasteiger partial charge < -0.3 is 5.32 Å². The van der Waals surface area contributed by atoms with Crippen molar-refractivity contribution in [1.29, 1.82) is 5.26 Å². The molecule has 0 saturated heterocycles. The zero-order valence-electron chi connectivity index (χ0n) is 11.3. The SMILES string of the molecule is CCC(Nc1ccc(C#N)cc1Br)c1ccc(Cl)cc1Cl. The first-order valence-electron chi connectivity index (χ1n) is 6.46. The Labute approximate surface area is 142 Å². The number of hydrogen-bond acceptors (Lipinski definition) is 2. The van der Waals surface area contributed by atoms with E-state index < -0.39 is 0 Å². The first-order valence-corrected chi connectivity index (χ1v) is 8.01. The van der Waals surface area contributed by atoms with Crippen LogP contribution in [0.1, 0.15) is 30.5 Å². The number of nitrogens with zero attached hydrogens (tertiary/aromatic N) is 1. The van der Waals surface area contributed by atoms with Crippen LogP contribution in [0.5, 0.6) is 0 Å². The average Bonchev–Trinajstić information content (AvgIpc) is 2.47. The van der Waals surface area contributed by atoms with Crippen molar-refractivity contribution in [3.05, 3.63) is 62.0 Å². The Balaban J connectivity index is 2.29. The maximum Gasteiger partial charge on any atom is 0.0992 e. The summed E-state index contributed by atoms with van der Waals surface area (Å²) in [4.78, 5) is 0. The molecule has 2 aromatic rings. The van der Waals surface area contributed by atoms with Gasteiger partial charge in [0.25, 0.3) is 0 Å². The second kappa shape index (κ2) is 7.17. The highest BCUT2D eigenvalue weighted by atomic mass is 79.9. The van der Waals surface area contributed by atoms with Crippen LogP contribution in [0, 0.1) is 11.3 Å². The molecule has 0 aliphatic heterocycles. The second-order valence-electron chi connectivity index (χ2n) is 4.58. The average molecular weight is 384 g/mol. The monoisotopic (exact) mass is 382 g/mol. The van der Waals surface area contributed by atoms with E-state index in [-0.39, 0.29) is 6.04 Å². The third-order valence-corrected chi connectivity index (χ3v) is 4.39. The molecule has 2 nitrogen and oxygen atoms in total. The van der Waals surface area contributed by atoms with Gasteiger partial charge in [-0.3, -0.25) is 0 Å². The lowest BCUT2D eigenvalue weighted by Gasteiger charge is -2.21. The van der Waals surface area contributed by atoms with E-state index in [0.29, 0.717) is 15.6 Å². The molecule has 0 bridgehead atoms. The van der Waals surface area contributed by atoms with Crippen molar-refractivity contribution in [1.82, 2.24) is 0 Å². The van der Waals surface area contributed by atoms with Crippen LogP contribution in [0.15, 0.2) is 40.9 Å². The van der Waals surface area contributed by atoms with Crippen LogP contribution < -0.4 is 5.32 Å². The van der Waals surface area contributed by atoms with E-state index in [4.69, 9.17) is 28.5 Å². The smallest absolute Gasteiger partial charge is 0.0992 e. The van der Waals surface area contributed by atoms with Gasteiger partial charge in [-0.2, -0.15) is 5.26 Å². The largest absolute Gasteiger partial charge is 0.377 e. The molecular weight excluding hydrogens is 371 g/mol. The van der Waals surface area contributed by atoms with Gasteiger partial charge in [0.2, 0.25) is 0 Å². The van der Waals surface area contributed by atoms with Gasteiger partial charge in [0.1, 0.15) is 0 Å². The number of rotatable bonds is 4. The number of nitriles is 1. The Kier molecular flexibility index (Phi) is 5.52. The van der Waals surface area contributed by atoms with Crippen LogP contribution in [0.2, 0.25) is 10.0 Å². The van der Waals surface area contributed by atoms with E-state index >= 15 is 0 Å². The highest BCUT2D eigenvalue weighted by molar-refractivity contribution is 9.10. The number of anilines is 1. The zero-order chi connectivity index (χ0) is 15.4. The summed E-state index contributed by atoms with van der Waals surface area (Å²) in [6, 6.07) is 13.2. The van der Waals surface area contributed by atoms with Gasteiger partial charge in [0.05, 0.1) is 17.7 Å². The number of hydrogen-bond donors (Lipinski definition) is 1. The normalized spacial score (nSPS) is 11.8. The molecule has 0 radical (unpaired) electrons. The van der Waals surface area contributed by atoms with Crippen molar-refractivity contribution < 1.29 is 0 Å². The lowest BCUT2D eigenvalue weighted by Crippen LogP contribution is -2.10. The third-order valence-electron chi connectivity index (χ3n) is 3.17. The van der Waals surface area contributed by atoms with Crippen molar-refractivity contribution >= 4 is 44.8 Å². The summed E-state index contributed by atoms with van der Waals surface area (Å²) in [5, 5.41) is 13.6. The minimum Gasteiger partial charge on any atom is -0.377 e.